The molecule has 1 rings (SSSR count). The van der Waals surface area contributed by atoms with Crippen molar-refractivity contribution in [1.29, 1.82) is 0 Å². The number of β-amino-alcohol motifs (C(OH)–C–C–N with tert-alkyl or cyclic N) is 1. The largest absolute Gasteiger partial charge is 0.392 e. The van der Waals surface area contributed by atoms with E-state index >= 15 is 0 Å². The van der Waals surface area contributed by atoms with Crippen molar-refractivity contribution in [1.82, 2.24) is 15.1 Å². The van der Waals surface area contributed by atoms with E-state index in [0.29, 0.717) is 12.5 Å². The Bertz CT molecular complexity index is 313. The summed E-state index contributed by atoms with van der Waals surface area (Å²) in [4.78, 5) is 16.5. The number of carbonyl (C=O) groups excluding carboxylic acids is 1. The smallest absolute Gasteiger partial charge is 0.221 e. The molecule has 0 aromatic heterocycles. The normalized spacial score (nSPS) is 23.6. The number of aliphatic hydroxyl groups is 1. The molecule has 0 saturated carbocycles. The van der Waals surface area contributed by atoms with Crippen molar-refractivity contribution in [2.45, 2.75) is 58.7 Å². The summed E-state index contributed by atoms with van der Waals surface area (Å²) in [5.74, 6) is 0.122. The lowest BCUT2D eigenvalue weighted by molar-refractivity contribution is -0.123. The molecule has 0 aliphatic carbocycles. The van der Waals surface area contributed by atoms with Crippen LogP contribution in [0.3, 0.4) is 0 Å². The van der Waals surface area contributed by atoms with Gasteiger partial charge in [0.2, 0.25) is 5.91 Å². The van der Waals surface area contributed by atoms with Gasteiger partial charge in [-0.25, -0.2) is 0 Å². The maximum Gasteiger partial charge on any atom is 0.221 e. The lowest BCUT2D eigenvalue weighted by Gasteiger charge is -2.40. The van der Waals surface area contributed by atoms with Gasteiger partial charge in [0.15, 0.2) is 0 Å². The first-order chi connectivity index (χ1) is 9.17. The Balaban J connectivity index is 2.29. The van der Waals surface area contributed by atoms with E-state index in [1.165, 1.54) is 0 Å². The highest BCUT2D eigenvalue weighted by Gasteiger charge is 2.24. The van der Waals surface area contributed by atoms with Crippen molar-refractivity contribution in [3.8, 4) is 0 Å². The first kappa shape index (κ1) is 17.4. The molecule has 1 aliphatic rings. The number of rotatable bonds is 5. The van der Waals surface area contributed by atoms with Crippen molar-refractivity contribution >= 4 is 5.91 Å². The average Bonchev–Trinajstić information content (AvgIpc) is 2.27. The zero-order chi connectivity index (χ0) is 15.3. The maximum absolute atomic E-state index is 11.8. The maximum atomic E-state index is 11.8. The number of hydrogen-bond acceptors (Lipinski definition) is 4. The topological polar surface area (TPSA) is 55.8 Å². The van der Waals surface area contributed by atoms with Gasteiger partial charge in [-0.1, -0.05) is 0 Å². The molecule has 2 atom stereocenters. The van der Waals surface area contributed by atoms with E-state index in [4.69, 9.17) is 0 Å². The minimum Gasteiger partial charge on any atom is -0.392 e. The fourth-order valence-corrected chi connectivity index (χ4v) is 2.62. The third-order valence-electron chi connectivity index (χ3n) is 3.52. The van der Waals surface area contributed by atoms with Gasteiger partial charge in [-0.3, -0.25) is 9.69 Å². The van der Waals surface area contributed by atoms with Crippen molar-refractivity contribution in [2.75, 3.05) is 32.7 Å². The van der Waals surface area contributed by atoms with E-state index in [1.807, 2.05) is 27.7 Å². The first-order valence-electron chi connectivity index (χ1n) is 7.63. The summed E-state index contributed by atoms with van der Waals surface area (Å²) in [6.07, 6.45) is 0.280. The Morgan fingerprint density at radius 1 is 1.40 bits per heavy atom. The van der Waals surface area contributed by atoms with Crippen LogP contribution in [0.25, 0.3) is 0 Å². The number of amides is 1. The van der Waals surface area contributed by atoms with Crippen molar-refractivity contribution in [3.63, 3.8) is 0 Å². The standard InChI is InChI=1S/C15H31N3O2/c1-12-10-17(8-9-18(12)11-13(2)19)7-6-14(20)16-15(3,4)5/h12-13,19H,6-11H2,1-5H3,(H,16,20)/t12-,13-/m0/s1. The van der Waals surface area contributed by atoms with Gasteiger partial charge in [-0.2, -0.15) is 0 Å². The molecule has 1 fully saturated rings. The summed E-state index contributed by atoms with van der Waals surface area (Å²) in [6.45, 7) is 14.5. The Morgan fingerprint density at radius 2 is 2.05 bits per heavy atom. The van der Waals surface area contributed by atoms with Crippen LogP contribution in [0, 0.1) is 0 Å². The molecule has 5 nitrogen and oxygen atoms in total. The average molecular weight is 285 g/mol. The Kier molecular flexibility index (Phi) is 6.43. The van der Waals surface area contributed by atoms with E-state index in [9.17, 15) is 9.90 Å². The zero-order valence-electron chi connectivity index (χ0n) is 13.6. The molecule has 0 spiro atoms. The first-order valence-corrected chi connectivity index (χ1v) is 7.63. The molecule has 1 amide bonds. The summed E-state index contributed by atoms with van der Waals surface area (Å²) in [7, 11) is 0. The predicted molar refractivity (Wildman–Crippen MR) is 81.7 cm³/mol. The van der Waals surface area contributed by atoms with Crippen LogP contribution in [0.1, 0.15) is 41.0 Å². The van der Waals surface area contributed by atoms with Crippen LogP contribution in [-0.2, 0) is 4.79 Å². The molecule has 1 saturated heterocycles. The van der Waals surface area contributed by atoms with Gasteiger partial charge in [0.25, 0.3) is 0 Å². The summed E-state index contributed by atoms with van der Waals surface area (Å²) in [6, 6.07) is 0.434. The van der Waals surface area contributed by atoms with Crippen LogP contribution in [0.4, 0.5) is 0 Å². The SMILES string of the molecule is C[C@H](O)CN1CCN(CCC(=O)NC(C)(C)C)C[C@@H]1C. The number of hydrogen-bond donors (Lipinski definition) is 2. The van der Waals surface area contributed by atoms with E-state index < -0.39 is 0 Å². The van der Waals surface area contributed by atoms with Gasteiger partial charge in [-0.05, 0) is 34.6 Å². The molecule has 118 valence electrons. The molecular formula is C15H31N3O2. The van der Waals surface area contributed by atoms with Gasteiger partial charge in [0, 0.05) is 50.7 Å². The van der Waals surface area contributed by atoms with E-state index in [0.717, 1.165) is 32.7 Å². The van der Waals surface area contributed by atoms with Gasteiger partial charge < -0.3 is 15.3 Å². The van der Waals surface area contributed by atoms with Crippen molar-refractivity contribution in [2.24, 2.45) is 0 Å². The molecule has 5 heteroatoms. The highest BCUT2D eigenvalue weighted by molar-refractivity contribution is 5.76. The van der Waals surface area contributed by atoms with Gasteiger partial charge in [-0.15, -0.1) is 0 Å². The Morgan fingerprint density at radius 3 is 2.55 bits per heavy atom. The molecular weight excluding hydrogens is 254 g/mol. The quantitative estimate of drug-likeness (QED) is 0.780. The van der Waals surface area contributed by atoms with E-state index in [-0.39, 0.29) is 17.6 Å². The number of piperazine rings is 1. The number of aliphatic hydroxyl groups excluding tert-OH is 1. The summed E-state index contributed by atoms with van der Waals surface area (Å²) in [5.41, 5.74) is -0.152. The minimum absolute atomic E-state index is 0.122. The second-order valence-electron chi connectivity index (χ2n) is 7.04. The highest BCUT2D eigenvalue weighted by atomic mass is 16.3. The molecule has 0 radical (unpaired) electrons. The molecule has 0 bridgehead atoms. The van der Waals surface area contributed by atoms with Crippen LogP contribution in [0.2, 0.25) is 0 Å². The summed E-state index contributed by atoms with van der Waals surface area (Å²) < 4.78 is 0. The number of nitrogens with one attached hydrogen (secondary N) is 1. The lowest BCUT2D eigenvalue weighted by atomic mass is 10.1. The Labute approximate surface area is 123 Å². The third-order valence-corrected chi connectivity index (χ3v) is 3.52. The highest BCUT2D eigenvalue weighted by Crippen LogP contribution is 2.10. The molecule has 1 heterocycles. The third kappa shape index (κ3) is 6.68. The van der Waals surface area contributed by atoms with E-state index in [2.05, 4.69) is 22.0 Å². The van der Waals surface area contributed by atoms with Crippen LogP contribution in [-0.4, -0.2) is 71.2 Å². The van der Waals surface area contributed by atoms with Crippen molar-refractivity contribution in [3.05, 3.63) is 0 Å². The number of carbonyl (C=O) groups is 1. The van der Waals surface area contributed by atoms with Crippen LogP contribution < -0.4 is 5.32 Å². The summed E-state index contributed by atoms with van der Waals surface area (Å²) >= 11 is 0. The van der Waals surface area contributed by atoms with Gasteiger partial charge in [0.05, 0.1) is 6.10 Å². The van der Waals surface area contributed by atoms with Crippen LogP contribution in [0.5, 0.6) is 0 Å². The van der Waals surface area contributed by atoms with Gasteiger partial charge >= 0.3 is 0 Å². The van der Waals surface area contributed by atoms with E-state index in [1.54, 1.807) is 0 Å². The Hall–Kier alpha value is -0.650. The van der Waals surface area contributed by atoms with Crippen molar-refractivity contribution < 1.29 is 9.90 Å². The molecule has 2 N–H and O–H groups in total. The fourth-order valence-electron chi connectivity index (χ4n) is 2.62. The molecule has 0 unspecified atom stereocenters. The monoisotopic (exact) mass is 285 g/mol. The fraction of sp³-hybridized carbons (Fsp3) is 0.933. The molecule has 0 aromatic carbocycles. The minimum atomic E-state index is -0.276. The molecule has 0 aromatic rings. The van der Waals surface area contributed by atoms with Crippen LogP contribution in [0.15, 0.2) is 0 Å². The second-order valence-corrected chi connectivity index (χ2v) is 7.04. The predicted octanol–water partition coefficient (Wildman–Crippen LogP) is 0.678. The van der Waals surface area contributed by atoms with Crippen LogP contribution >= 0.6 is 0 Å². The summed E-state index contributed by atoms with van der Waals surface area (Å²) in [5, 5.41) is 12.5. The molecule has 20 heavy (non-hydrogen) atoms. The second kappa shape index (κ2) is 7.38. The van der Waals surface area contributed by atoms with Gasteiger partial charge in [0.1, 0.15) is 0 Å². The zero-order valence-corrected chi connectivity index (χ0v) is 13.6. The molecule has 1 aliphatic heterocycles. The number of nitrogens with zero attached hydrogens (tertiary/aromatic N) is 2. The lowest BCUT2D eigenvalue weighted by Crippen LogP contribution is -2.54.